The fourth-order valence-corrected chi connectivity index (χ4v) is 3.02. The SMILES string of the molecule is C=CCOc1ccc(C2Nc3ccccc3C(=O)N2CCCC)cc1. The van der Waals surface area contributed by atoms with E-state index in [9.17, 15) is 4.79 Å². The summed E-state index contributed by atoms with van der Waals surface area (Å²) in [5.74, 6) is 0.881. The number of amides is 1. The summed E-state index contributed by atoms with van der Waals surface area (Å²) in [5.41, 5.74) is 2.67. The van der Waals surface area contributed by atoms with Crippen molar-refractivity contribution in [2.24, 2.45) is 0 Å². The maximum atomic E-state index is 13.0. The van der Waals surface area contributed by atoms with Crippen LogP contribution < -0.4 is 10.1 Å². The van der Waals surface area contributed by atoms with E-state index in [1.54, 1.807) is 6.08 Å². The van der Waals surface area contributed by atoms with E-state index >= 15 is 0 Å². The van der Waals surface area contributed by atoms with Crippen LogP contribution >= 0.6 is 0 Å². The van der Waals surface area contributed by atoms with Crippen molar-refractivity contribution in [3.05, 3.63) is 72.3 Å². The van der Waals surface area contributed by atoms with E-state index in [4.69, 9.17) is 4.74 Å². The molecule has 1 atom stereocenters. The van der Waals surface area contributed by atoms with Gasteiger partial charge in [-0.15, -0.1) is 0 Å². The van der Waals surface area contributed by atoms with Crippen molar-refractivity contribution in [1.82, 2.24) is 4.90 Å². The predicted octanol–water partition coefficient (Wildman–Crippen LogP) is 4.62. The molecule has 0 saturated heterocycles. The molecule has 0 bridgehead atoms. The summed E-state index contributed by atoms with van der Waals surface area (Å²) in [6.07, 6.45) is 3.58. The number of carbonyl (C=O) groups is 1. The van der Waals surface area contributed by atoms with Crippen LogP contribution in [-0.4, -0.2) is 24.0 Å². The molecule has 1 N–H and O–H groups in total. The molecule has 0 aliphatic carbocycles. The number of anilines is 1. The molecule has 0 fully saturated rings. The molecule has 25 heavy (non-hydrogen) atoms. The van der Waals surface area contributed by atoms with Crippen molar-refractivity contribution in [2.45, 2.75) is 25.9 Å². The molecule has 4 nitrogen and oxygen atoms in total. The van der Waals surface area contributed by atoms with Gasteiger partial charge < -0.3 is 15.0 Å². The van der Waals surface area contributed by atoms with Crippen molar-refractivity contribution in [1.29, 1.82) is 0 Å². The van der Waals surface area contributed by atoms with E-state index in [0.717, 1.165) is 42.0 Å². The van der Waals surface area contributed by atoms with Crippen molar-refractivity contribution in [3.8, 4) is 5.75 Å². The van der Waals surface area contributed by atoms with Gasteiger partial charge in [0.05, 0.1) is 5.56 Å². The zero-order chi connectivity index (χ0) is 17.6. The van der Waals surface area contributed by atoms with Crippen LogP contribution in [0.15, 0.2) is 61.2 Å². The summed E-state index contributed by atoms with van der Waals surface area (Å²) < 4.78 is 5.55. The fourth-order valence-electron chi connectivity index (χ4n) is 3.02. The van der Waals surface area contributed by atoms with Crippen LogP contribution in [-0.2, 0) is 0 Å². The number of hydrogen-bond acceptors (Lipinski definition) is 3. The van der Waals surface area contributed by atoms with Crippen molar-refractivity contribution < 1.29 is 9.53 Å². The molecule has 0 aromatic heterocycles. The maximum absolute atomic E-state index is 13.0. The predicted molar refractivity (Wildman–Crippen MR) is 101 cm³/mol. The van der Waals surface area contributed by atoms with Crippen molar-refractivity contribution >= 4 is 11.6 Å². The minimum absolute atomic E-state index is 0.0831. The second-order valence-electron chi connectivity index (χ2n) is 6.11. The summed E-state index contributed by atoms with van der Waals surface area (Å²) in [5, 5.41) is 3.51. The van der Waals surface area contributed by atoms with Gasteiger partial charge in [0.1, 0.15) is 18.5 Å². The normalized spacial score (nSPS) is 16.1. The molecule has 3 rings (SSSR count). The third-order valence-corrected chi connectivity index (χ3v) is 4.34. The highest BCUT2D eigenvalue weighted by atomic mass is 16.5. The van der Waals surface area contributed by atoms with E-state index in [1.165, 1.54) is 0 Å². The van der Waals surface area contributed by atoms with E-state index < -0.39 is 0 Å². The van der Waals surface area contributed by atoms with Gasteiger partial charge in [-0.1, -0.05) is 50.3 Å². The van der Waals surface area contributed by atoms with Gasteiger partial charge in [0.2, 0.25) is 0 Å². The van der Waals surface area contributed by atoms with Crippen LogP contribution in [0.3, 0.4) is 0 Å². The van der Waals surface area contributed by atoms with Gasteiger partial charge in [0, 0.05) is 12.2 Å². The summed E-state index contributed by atoms with van der Waals surface area (Å²) in [4.78, 5) is 14.9. The van der Waals surface area contributed by atoms with Crippen LogP contribution in [0.1, 0.15) is 41.9 Å². The van der Waals surface area contributed by atoms with E-state index in [-0.39, 0.29) is 12.1 Å². The van der Waals surface area contributed by atoms with Gasteiger partial charge in [-0.25, -0.2) is 0 Å². The minimum Gasteiger partial charge on any atom is -0.490 e. The summed E-state index contributed by atoms with van der Waals surface area (Å²) in [6.45, 7) is 7.01. The molecule has 1 heterocycles. The number of rotatable bonds is 7. The molecule has 0 spiro atoms. The van der Waals surface area contributed by atoms with Gasteiger partial charge in [-0.05, 0) is 36.2 Å². The van der Waals surface area contributed by atoms with Gasteiger partial charge in [0.25, 0.3) is 5.91 Å². The Labute approximate surface area is 149 Å². The number of para-hydroxylation sites is 1. The first-order valence-electron chi connectivity index (χ1n) is 8.74. The molecule has 0 radical (unpaired) electrons. The van der Waals surface area contributed by atoms with Crippen LogP contribution in [0, 0.1) is 0 Å². The lowest BCUT2D eigenvalue weighted by Gasteiger charge is -2.38. The first-order chi connectivity index (χ1) is 12.2. The number of nitrogens with zero attached hydrogens (tertiary/aromatic N) is 1. The summed E-state index contributed by atoms with van der Waals surface area (Å²) >= 11 is 0. The number of hydrogen-bond donors (Lipinski definition) is 1. The van der Waals surface area contributed by atoms with Crippen molar-refractivity contribution in [2.75, 3.05) is 18.5 Å². The van der Waals surface area contributed by atoms with E-state index in [0.29, 0.717) is 6.61 Å². The molecule has 1 aliphatic rings. The Kier molecular flexibility index (Phi) is 5.39. The van der Waals surface area contributed by atoms with Gasteiger partial charge in [-0.3, -0.25) is 4.79 Å². The highest BCUT2D eigenvalue weighted by molar-refractivity contribution is 6.01. The van der Waals surface area contributed by atoms with E-state index in [1.807, 2.05) is 53.4 Å². The molecule has 1 unspecified atom stereocenters. The van der Waals surface area contributed by atoms with E-state index in [2.05, 4.69) is 18.8 Å². The van der Waals surface area contributed by atoms with Gasteiger partial charge in [0.15, 0.2) is 0 Å². The molecular formula is C21H24N2O2. The Balaban J connectivity index is 1.89. The van der Waals surface area contributed by atoms with Gasteiger partial charge in [-0.2, -0.15) is 0 Å². The van der Waals surface area contributed by atoms with Crippen molar-refractivity contribution in [3.63, 3.8) is 0 Å². The van der Waals surface area contributed by atoms with Crippen LogP contribution in [0.4, 0.5) is 5.69 Å². The van der Waals surface area contributed by atoms with Crippen LogP contribution in [0.2, 0.25) is 0 Å². The van der Waals surface area contributed by atoms with Gasteiger partial charge >= 0.3 is 0 Å². The molecule has 0 saturated carbocycles. The average Bonchev–Trinajstić information content (AvgIpc) is 2.66. The summed E-state index contributed by atoms with van der Waals surface area (Å²) in [6, 6.07) is 15.6. The molecule has 4 heteroatoms. The number of benzene rings is 2. The van der Waals surface area contributed by atoms with Crippen LogP contribution in [0.5, 0.6) is 5.75 Å². The number of fused-ring (bicyclic) bond motifs is 1. The molecule has 1 amide bonds. The molecule has 1 aliphatic heterocycles. The Morgan fingerprint density at radius 1 is 1.20 bits per heavy atom. The first kappa shape index (κ1) is 17.1. The Hall–Kier alpha value is -2.75. The average molecular weight is 336 g/mol. The lowest BCUT2D eigenvalue weighted by Crippen LogP contribution is -2.43. The standard InChI is InChI=1S/C21H24N2O2/c1-3-5-14-23-20(16-10-12-17(13-11-16)25-15-4-2)22-19-9-7-6-8-18(19)21(23)24/h4,6-13,20,22H,2-3,5,14-15H2,1H3. The topological polar surface area (TPSA) is 41.6 Å². The lowest BCUT2D eigenvalue weighted by molar-refractivity contribution is 0.0680. The first-order valence-corrected chi connectivity index (χ1v) is 8.74. The second kappa shape index (κ2) is 7.88. The Morgan fingerprint density at radius 3 is 2.68 bits per heavy atom. The Morgan fingerprint density at radius 2 is 1.96 bits per heavy atom. The quantitative estimate of drug-likeness (QED) is 0.750. The second-order valence-corrected chi connectivity index (χ2v) is 6.11. The molecule has 130 valence electrons. The third kappa shape index (κ3) is 3.68. The smallest absolute Gasteiger partial charge is 0.257 e. The molecule has 2 aromatic carbocycles. The zero-order valence-corrected chi connectivity index (χ0v) is 14.6. The number of carbonyl (C=O) groups excluding carboxylic acids is 1. The number of ether oxygens (including phenoxy) is 1. The lowest BCUT2D eigenvalue weighted by atomic mass is 10.0. The molecular weight excluding hydrogens is 312 g/mol. The highest BCUT2D eigenvalue weighted by Gasteiger charge is 2.32. The fraction of sp³-hybridized carbons (Fsp3) is 0.286. The third-order valence-electron chi connectivity index (χ3n) is 4.34. The highest BCUT2D eigenvalue weighted by Crippen LogP contribution is 2.33. The minimum atomic E-state index is -0.164. The maximum Gasteiger partial charge on any atom is 0.257 e. The Bertz CT molecular complexity index is 740. The monoisotopic (exact) mass is 336 g/mol. The largest absolute Gasteiger partial charge is 0.490 e. The summed E-state index contributed by atoms with van der Waals surface area (Å²) in [7, 11) is 0. The number of nitrogens with one attached hydrogen (secondary N) is 1. The zero-order valence-electron chi connectivity index (χ0n) is 14.6. The number of unbranched alkanes of at least 4 members (excludes halogenated alkanes) is 1. The van der Waals surface area contributed by atoms with Crippen LogP contribution in [0.25, 0.3) is 0 Å². The molecule has 2 aromatic rings.